The average Bonchev–Trinajstić information content (AvgIpc) is 2.15. The molecule has 0 aliphatic rings. The Kier molecular flexibility index (Phi) is 4.23. The molecule has 1 atom stereocenters. The summed E-state index contributed by atoms with van der Waals surface area (Å²) in [5.74, 6) is -0.514. The second kappa shape index (κ2) is 5.47. The summed E-state index contributed by atoms with van der Waals surface area (Å²) in [5, 5.41) is 8.99. The van der Waals surface area contributed by atoms with E-state index in [2.05, 4.69) is 4.52 Å². The van der Waals surface area contributed by atoms with E-state index in [4.69, 9.17) is 10.00 Å². The molecule has 0 aromatic heterocycles. The van der Waals surface area contributed by atoms with E-state index in [-0.39, 0.29) is 0 Å². The molecule has 4 nitrogen and oxygen atoms in total. The molecule has 0 amide bonds. The van der Waals surface area contributed by atoms with Gasteiger partial charge in [0.25, 0.3) is 5.95 Å². The van der Waals surface area contributed by atoms with Crippen molar-refractivity contribution in [2.75, 3.05) is 0 Å². The summed E-state index contributed by atoms with van der Waals surface area (Å²) in [5.41, 5.74) is 0.986. The first-order chi connectivity index (χ1) is 6.68. The molecule has 0 spiro atoms. The number of rotatable bonds is 4. The lowest BCUT2D eigenvalue weighted by Crippen LogP contribution is -1.85. The van der Waals surface area contributed by atoms with Gasteiger partial charge in [0.1, 0.15) is 0 Å². The van der Waals surface area contributed by atoms with Crippen LogP contribution >= 0.6 is 8.25 Å². The summed E-state index contributed by atoms with van der Waals surface area (Å²) in [6.45, 7) is 0. The molecule has 0 saturated heterocycles. The Balaban J connectivity index is 2.51. The van der Waals surface area contributed by atoms with Gasteiger partial charge >= 0.3 is 8.25 Å². The normalized spacial score (nSPS) is 13.6. The van der Waals surface area contributed by atoms with Crippen LogP contribution in [0.4, 0.5) is 0 Å². The first kappa shape index (κ1) is 10.8. The second-order valence-corrected chi connectivity index (χ2v) is 3.34. The van der Waals surface area contributed by atoms with Crippen molar-refractivity contribution in [3.8, 4) is 0 Å². The molecule has 0 aliphatic heterocycles. The maximum Gasteiger partial charge on any atom is 0.367 e. The van der Waals surface area contributed by atoms with E-state index in [1.165, 1.54) is 6.08 Å². The fraction of sp³-hybridized carbons (Fsp3) is 0.111. The lowest BCUT2D eigenvalue weighted by molar-refractivity contribution is 0.197. The van der Waals surface area contributed by atoms with Gasteiger partial charge in [0.05, 0.1) is 0 Å². The van der Waals surface area contributed by atoms with Gasteiger partial charge in [0, 0.05) is 6.08 Å². The summed E-state index contributed by atoms with van der Waals surface area (Å²) in [4.78, 5) is 8.34. The minimum Gasteiger partial charge on any atom is -0.481 e. The molecule has 0 radical (unpaired) electrons. The standard InChI is InChI=1S/C9H11O4P/c10-9(13-14(11)12)7-6-8-4-2-1-3-5-8/h1-5,7,10,14H,6H2,(H,11,12)/b9-7+. The van der Waals surface area contributed by atoms with Crippen LogP contribution in [0.5, 0.6) is 0 Å². The molecular formula is C9H11O4P. The van der Waals surface area contributed by atoms with Gasteiger partial charge in [-0.05, 0) is 12.0 Å². The SMILES string of the molecule is O=[PH](O)O/C(O)=C/Cc1ccccc1. The highest BCUT2D eigenvalue weighted by Gasteiger charge is 1.97. The fourth-order valence-corrected chi connectivity index (χ4v) is 1.21. The van der Waals surface area contributed by atoms with Gasteiger partial charge in [-0.2, -0.15) is 0 Å². The maximum atomic E-state index is 10.2. The highest BCUT2D eigenvalue weighted by Crippen LogP contribution is 2.18. The van der Waals surface area contributed by atoms with Gasteiger partial charge < -0.3 is 14.5 Å². The molecule has 76 valence electrons. The van der Waals surface area contributed by atoms with Gasteiger partial charge in [-0.15, -0.1) is 0 Å². The van der Waals surface area contributed by atoms with Crippen molar-refractivity contribution in [3.63, 3.8) is 0 Å². The number of aliphatic hydroxyl groups is 1. The Bertz CT molecular complexity index is 334. The van der Waals surface area contributed by atoms with Gasteiger partial charge in [-0.25, -0.2) is 4.57 Å². The molecule has 2 N–H and O–H groups in total. The number of allylic oxidation sites excluding steroid dienone is 1. The van der Waals surface area contributed by atoms with Gasteiger partial charge in [-0.3, -0.25) is 0 Å². The summed E-state index contributed by atoms with van der Waals surface area (Å²) in [6, 6.07) is 9.39. The number of hydrogen-bond donors (Lipinski definition) is 2. The zero-order chi connectivity index (χ0) is 10.4. The Labute approximate surface area is 82.4 Å². The lowest BCUT2D eigenvalue weighted by Gasteiger charge is -1.99. The monoisotopic (exact) mass is 214 g/mol. The molecule has 5 heteroatoms. The van der Waals surface area contributed by atoms with E-state index < -0.39 is 14.2 Å². The zero-order valence-electron chi connectivity index (χ0n) is 7.38. The molecule has 0 saturated carbocycles. The van der Waals surface area contributed by atoms with Gasteiger partial charge in [0.2, 0.25) is 0 Å². The van der Waals surface area contributed by atoms with Crippen LogP contribution in [0.2, 0.25) is 0 Å². The number of benzene rings is 1. The van der Waals surface area contributed by atoms with Crippen molar-refractivity contribution in [2.45, 2.75) is 6.42 Å². The Morgan fingerprint density at radius 3 is 2.64 bits per heavy atom. The largest absolute Gasteiger partial charge is 0.481 e. The molecule has 0 fully saturated rings. The van der Waals surface area contributed by atoms with E-state index in [9.17, 15) is 4.57 Å². The minimum atomic E-state index is -3.11. The van der Waals surface area contributed by atoms with Crippen LogP contribution in [0.1, 0.15) is 5.56 Å². The predicted molar refractivity (Wildman–Crippen MR) is 53.2 cm³/mol. The molecule has 1 rings (SSSR count). The van der Waals surface area contributed by atoms with Crippen molar-refractivity contribution in [1.29, 1.82) is 0 Å². The van der Waals surface area contributed by atoms with Crippen molar-refractivity contribution >= 4 is 8.25 Å². The topological polar surface area (TPSA) is 66.8 Å². The fourth-order valence-electron chi connectivity index (χ4n) is 0.950. The first-order valence-corrected chi connectivity index (χ1v) is 5.28. The molecule has 0 heterocycles. The van der Waals surface area contributed by atoms with Crippen LogP contribution in [0, 0.1) is 0 Å². The van der Waals surface area contributed by atoms with Gasteiger partial charge in [-0.1, -0.05) is 30.3 Å². The highest BCUT2D eigenvalue weighted by atomic mass is 31.1. The third kappa shape index (κ3) is 4.12. The van der Waals surface area contributed by atoms with Crippen LogP contribution in [-0.2, 0) is 15.5 Å². The van der Waals surface area contributed by atoms with E-state index in [0.717, 1.165) is 5.56 Å². The minimum absolute atomic E-state index is 0.460. The summed E-state index contributed by atoms with van der Waals surface area (Å²) in [6.07, 6.45) is 1.80. The van der Waals surface area contributed by atoms with Crippen LogP contribution in [0.15, 0.2) is 42.4 Å². The van der Waals surface area contributed by atoms with E-state index in [1.54, 1.807) is 0 Å². The molecule has 14 heavy (non-hydrogen) atoms. The quantitative estimate of drug-likeness (QED) is 0.594. The number of hydrogen-bond acceptors (Lipinski definition) is 3. The van der Waals surface area contributed by atoms with Crippen LogP contribution in [-0.4, -0.2) is 10.00 Å². The summed E-state index contributed by atoms with van der Waals surface area (Å²) >= 11 is 0. The Hall–Kier alpha value is -1.25. The smallest absolute Gasteiger partial charge is 0.367 e. The number of aliphatic hydroxyl groups excluding tert-OH is 1. The average molecular weight is 214 g/mol. The van der Waals surface area contributed by atoms with E-state index >= 15 is 0 Å². The summed E-state index contributed by atoms with van der Waals surface area (Å²) < 4.78 is 14.4. The van der Waals surface area contributed by atoms with Crippen molar-refractivity contribution in [3.05, 3.63) is 47.9 Å². The Morgan fingerprint density at radius 1 is 1.43 bits per heavy atom. The van der Waals surface area contributed by atoms with E-state index in [0.29, 0.717) is 6.42 Å². The van der Waals surface area contributed by atoms with Crippen LogP contribution in [0.25, 0.3) is 0 Å². The third-order valence-corrected chi connectivity index (χ3v) is 1.93. The molecule has 1 aromatic rings. The molecule has 1 aromatic carbocycles. The van der Waals surface area contributed by atoms with Crippen LogP contribution < -0.4 is 0 Å². The molecular weight excluding hydrogens is 203 g/mol. The Morgan fingerprint density at radius 2 is 2.07 bits per heavy atom. The van der Waals surface area contributed by atoms with Crippen molar-refractivity contribution < 1.29 is 19.1 Å². The molecule has 0 aliphatic carbocycles. The van der Waals surface area contributed by atoms with Gasteiger partial charge in [0.15, 0.2) is 0 Å². The van der Waals surface area contributed by atoms with Crippen molar-refractivity contribution in [1.82, 2.24) is 0 Å². The first-order valence-electron chi connectivity index (χ1n) is 4.02. The van der Waals surface area contributed by atoms with E-state index in [1.807, 2.05) is 30.3 Å². The maximum absolute atomic E-state index is 10.2. The van der Waals surface area contributed by atoms with Crippen molar-refractivity contribution in [2.24, 2.45) is 0 Å². The molecule has 1 unspecified atom stereocenters. The predicted octanol–water partition coefficient (Wildman–Crippen LogP) is 2.03. The second-order valence-electron chi connectivity index (χ2n) is 2.60. The summed E-state index contributed by atoms with van der Waals surface area (Å²) in [7, 11) is -3.11. The molecule has 0 bridgehead atoms. The third-order valence-electron chi connectivity index (χ3n) is 1.55. The van der Waals surface area contributed by atoms with Crippen LogP contribution in [0.3, 0.4) is 0 Å². The zero-order valence-corrected chi connectivity index (χ0v) is 8.38. The lowest BCUT2D eigenvalue weighted by atomic mass is 10.1. The highest BCUT2D eigenvalue weighted by molar-refractivity contribution is 7.32.